The molecular weight excluding hydrogens is 290 g/mol. The van der Waals surface area contributed by atoms with E-state index in [1.807, 2.05) is 36.9 Å². The second-order valence-corrected chi connectivity index (χ2v) is 5.89. The summed E-state index contributed by atoms with van der Waals surface area (Å²) in [5.74, 6) is 2.28. The normalized spacial score (nSPS) is 17.3. The molecule has 0 radical (unpaired) electrons. The molecule has 0 saturated carbocycles. The minimum atomic E-state index is 0.0413. The van der Waals surface area contributed by atoms with Gasteiger partial charge in [0, 0.05) is 25.7 Å². The minimum Gasteiger partial charge on any atom is -0.334 e. The molecule has 1 saturated heterocycles. The summed E-state index contributed by atoms with van der Waals surface area (Å²) in [5, 5.41) is 3.26. The number of amides is 1. The maximum absolute atomic E-state index is 11.8. The van der Waals surface area contributed by atoms with Gasteiger partial charge in [-0.15, -0.1) is 0 Å². The Bertz CT molecular complexity index is 731. The van der Waals surface area contributed by atoms with Gasteiger partial charge in [-0.05, 0) is 38.3 Å². The molecule has 120 valence electrons. The van der Waals surface area contributed by atoms with E-state index in [2.05, 4.69) is 20.3 Å². The Labute approximate surface area is 136 Å². The molecule has 1 N–H and O–H groups in total. The fourth-order valence-electron chi connectivity index (χ4n) is 3.01. The van der Waals surface area contributed by atoms with Crippen molar-refractivity contribution in [1.29, 1.82) is 0 Å². The maximum atomic E-state index is 11.8. The van der Waals surface area contributed by atoms with Crippen molar-refractivity contribution in [2.45, 2.75) is 39.7 Å². The minimum absolute atomic E-state index is 0.0413. The Balaban J connectivity index is 1.90. The van der Waals surface area contributed by atoms with Crippen LogP contribution in [-0.4, -0.2) is 32.3 Å². The van der Waals surface area contributed by atoms with Gasteiger partial charge in [-0.3, -0.25) is 4.79 Å². The number of nitrogens with zero attached hydrogens (tertiary/aromatic N) is 4. The summed E-state index contributed by atoms with van der Waals surface area (Å²) in [4.78, 5) is 27.0. The third-order valence-electron chi connectivity index (χ3n) is 4.11. The molecule has 1 atom stereocenters. The third kappa shape index (κ3) is 3.31. The van der Waals surface area contributed by atoms with E-state index >= 15 is 0 Å². The number of likely N-dealkylation sites (tertiary alicyclic amines) is 1. The molecule has 2 aromatic heterocycles. The molecule has 0 aliphatic carbocycles. The van der Waals surface area contributed by atoms with Gasteiger partial charge in [-0.25, -0.2) is 15.0 Å². The molecule has 23 heavy (non-hydrogen) atoms. The van der Waals surface area contributed by atoms with E-state index < -0.39 is 0 Å². The molecule has 3 heterocycles. The number of hydrogen-bond acceptors (Lipinski definition) is 5. The number of pyridine rings is 1. The SMILES string of the molecule is CC(=O)N1CCCC1c1cc(Nc2ncccc2C)nc(C)n1. The Hall–Kier alpha value is -2.50. The van der Waals surface area contributed by atoms with Crippen molar-refractivity contribution < 1.29 is 4.79 Å². The summed E-state index contributed by atoms with van der Waals surface area (Å²) in [6.07, 6.45) is 3.70. The van der Waals surface area contributed by atoms with Gasteiger partial charge >= 0.3 is 0 Å². The van der Waals surface area contributed by atoms with E-state index in [1.54, 1.807) is 13.1 Å². The highest BCUT2D eigenvalue weighted by atomic mass is 16.2. The molecule has 0 bridgehead atoms. The van der Waals surface area contributed by atoms with Crippen LogP contribution in [-0.2, 0) is 4.79 Å². The standard InChI is InChI=1S/C17H21N5O/c1-11-6-4-8-18-17(11)21-16-10-14(19-12(2)20-16)15-7-5-9-22(15)13(3)23/h4,6,8,10,15H,5,7,9H2,1-3H3,(H,18,19,20,21). The first kappa shape index (κ1) is 15.4. The van der Waals surface area contributed by atoms with Crippen LogP contribution in [0.4, 0.5) is 11.6 Å². The van der Waals surface area contributed by atoms with Crippen molar-refractivity contribution >= 4 is 17.5 Å². The van der Waals surface area contributed by atoms with Crippen molar-refractivity contribution in [3.63, 3.8) is 0 Å². The molecule has 2 aromatic rings. The fourth-order valence-corrected chi connectivity index (χ4v) is 3.01. The zero-order valence-electron chi connectivity index (χ0n) is 13.7. The van der Waals surface area contributed by atoms with Gasteiger partial charge in [0.15, 0.2) is 0 Å². The second kappa shape index (κ2) is 6.32. The second-order valence-electron chi connectivity index (χ2n) is 5.89. The molecular formula is C17H21N5O. The average molecular weight is 311 g/mol. The molecule has 1 fully saturated rings. The lowest BCUT2D eigenvalue weighted by Gasteiger charge is -2.23. The van der Waals surface area contributed by atoms with Crippen LogP contribution < -0.4 is 5.32 Å². The number of carbonyl (C=O) groups excluding carboxylic acids is 1. The van der Waals surface area contributed by atoms with E-state index in [-0.39, 0.29) is 11.9 Å². The zero-order chi connectivity index (χ0) is 16.4. The summed E-state index contributed by atoms with van der Waals surface area (Å²) in [6, 6.07) is 5.87. The smallest absolute Gasteiger partial charge is 0.220 e. The highest BCUT2D eigenvalue weighted by Gasteiger charge is 2.29. The first-order valence-electron chi connectivity index (χ1n) is 7.86. The fraction of sp³-hybridized carbons (Fsp3) is 0.412. The topological polar surface area (TPSA) is 71.0 Å². The number of rotatable bonds is 3. The Morgan fingerprint density at radius 1 is 1.35 bits per heavy atom. The molecule has 3 rings (SSSR count). The van der Waals surface area contributed by atoms with Crippen LogP contribution in [0.25, 0.3) is 0 Å². The van der Waals surface area contributed by atoms with E-state index in [0.717, 1.165) is 36.5 Å². The van der Waals surface area contributed by atoms with Gasteiger partial charge in [-0.1, -0.05) is 6.07 Å². The number of anilines is 2. The largest absolute Gasteiger partial charge is 0.334 e. The van der Waals surface area contributed by atoms with Crippen molar-refractivity contribution in [3.05, 3.63) is 41.5 Å². The molecule has 1 aliphatic heterocycles. The number of hydrogen-bond donors (Lipinski definition) is 1. The van der Waals surface area contributed by atoms with Gasteiger partial charge in [0.25, 0.3) is 0 Å². The summed E-state index contributed by atoms with van der Waals surface area (Å²) >= 11 is 0. The lowest BCUT2D eigenvalue weighted by Crippen LogP contribution is -2.28. The molecule has 6 heteroatoms. The van der Waals surface area contributed by atoms with Gasteiger partial charge in [0.1, 0.15) is 17.5 Å². The Morgan fingerprint density at radius 3 is 2.91 bits per heavy atom. The summed E-state index contributed by atoms with van der Waals surface area (Å²) in [5.41, 5.74) is 1.94. The number of aryl methyl sites for hydroxylation is 2. The molecule has 6 nitrogen and oxygen atoms in total. The van der Waals surface area contributed by atoms with Crippen LogP contribution in [0.1, 0.15) is 42.9 Å². The summed E-state index contributed by atoms with van der Waals surface area (Å²) in [6.45, 7) is 6.28. The van der Waals surface area contributed by atoms with E-state index in [0.29, 0.717) is 11.6 Å². The lowest BCUT2D eigenvalue weighted by molar-refractivity contribution is -0.129. The Morgan fingerprint density at radius 2 is 2.17 bits per heavy atom. The van der Waals surface area contributed by atoms with Crippen LogP contribution in [0, 0.1) is 13.8 Å². The van der Waals surface area contributed by atoms with Crippen molar-refractivity contribution in [2.75, 3.05) is 11.9 Å². The molecule has 1 unspecified atom stereocenters. The molecule has 0 aromatic carbocycles. The Kier molecular flexibility index (Phi) is 4.23. The van der Waals surface area contributed by atoms with Crippen molar-refractivity contribution in [2.24, 2.45) is 0 Å². The van der Waals surface area contributed by atoms with Gasteiger partial charge in [0.2, 0.25) is 5.91 Å². The van der Waals surface area contributed by atoms with Crippen LogP contribution >= 0.6 is 0 Å². The van der Waals surface area contributed by atoms with Crippen LogP contribution in [0.2, 0.25) is 0 Å². The van der Waals surface area contributed by atoms with Crippen LogP contribution in [0.5, 0.6) is 0 Å². The summed E-state index contributed by atoms with van der Waals surface area (Å²) in [7, 11) is 0. The quantitative estimate of drug-likeness (QED) is 0.943. The predicted molar refractivity (Wildman–Crippen MR) is 88.4 cm³/mol. The van der Waals surface area contributed by atoms with Gasteiger partial charge < -0.3 is 10.2 Å². The average Bonchev–Trinajstić information content (AvgIpc) is 2.99. The van der Waals surface area contributed by atoms with Gasteiger partial charge in [0.05, 0.1) is 11.7 Å². The van der Waals surface area contributed by atoms with Gasteiger partial charge in [-0.2, -0.15) is 0 Å². The van der Waals surface area contributed by atoms with Crippen LogP contribution in [0.3, 0.4) is 0 Å². The monoisotopic (exact) mass is 311 g/mol. The number of aromatic nitrogens is 3. The molecule has 1 amide bonds. The van der Waals surface area contributed by atoms with E-state index in [4.69, 9.17) is 0 Å². The summed E-state index contributed by atoms with van der Waals surface area (Å²) < 4.78 is 0. The van der Waals surface area contributed by atoms with Crippen molar-refractivity contribution in [1.82, 2.24) is 19.9 Å². The van der Waals surface area contributed by atoms with Crippen LogP contribution in [0.15, 0.2) is 24.4 Å². The molecule has 0 spiro atoms. The maximum Gasteiger partial charge on any atom is 0.220 e. The predicted octanol–water partition coefficient (Wildman–Crippen LogP) is 2.92. The number of carbonyl (C=O) groups is 1. The third-order valence-corrected chi connectivity index (χ3v) is 4.11. The molecule has 1 aliphatic rings. The number of nitrogens with one attached hydrogen (secondary N) is 1. The first-order valence-corrected chi connectivity index (χ1v) is 7.86. The van der Waals surface area contributed by atoms with E-state index in [9.17, 15) is 4.79 Å². The van der Waals surface area contributed by atoms with Crippen molar-refractivity contribution in [3.8, 4) is 0 Å². The zero-order valence-corrected chi connectivity index (χ0v) is 13.7. The highest BCUT2D eigenvalue weighted by molar-refractivity contribution is 5.74. The lowest BCUT2D eigenvalue weighted by atomic mass is 10.1. The highest BCUT2D eigenvalue weighted by Crippen LogP contribution is 2.32. The van der Waals surface area contributed by atoms with E-state index in [1.165, 1.54) is 0 Å². The first-order chi connectivity index (χ1) is 11.0.